The van der Waals surface area contributed by atoms with E-state index in [1.807, 2.05) is 6.07 Å². The van der Waals surface area contributed by atoms with Crippen LogP contribution in [0, 0.1) is 16.7 Å². The quantitative estimate of drug-likeness (QED) is 0.879. The monoisotopic (exact) mass is 244 g/mol. The maximum Gasteiger partial charge on any atom is 0.258 e. The zero-order chi connectivity index (χ0) is 13.2. The van der Waals surface area contributed by atoms with Crippen molar-refractivity contribution in [3.8, 4) is 11.8 Å². The van der Waals surface area contributed by atoms with Crippen LogP contribution in [-0.4, -0.2) is 18.6 Å². The number of amides is 1. The standard InChI is InChI=1S/C14H16N2O2/c1-14(2)7-12(14)16-13(17)9-18-11-5-3-10(8-15)4-6-11/h3-6,12H,7,9H2,1-2H3,(H,16,17). The van der Waals surface area contributed by atoms with Crippen molar-refractivity contribution in [1.29, 1.82) is 5.26 Å². The Kier molecular flexibility index (Phi) is 3.24. The number of nitrogens with zero attached hydrogens (tertiary/aromatic N) is 1. The zero-order valence-electron chi connectivity index (χ0n) is 10.6. The second kappa shape index (κ2) is 4.69. The van der Waals surface area contributed by atoms with Gasteiger partial charge in [0.05, 0.1) is 11.6 Å². The number of carbonyl (C=O) groups excluding carboxylic acids is 1. The smallest absolute Gasteiger partial charge is 0.258 e. The molecule has 1 aliphatic rings. The van der Waals surface area contributed by atoms with E-state index in [0.29, 0.717) is 11.3 Å². The van der Waals surface area contributed by atoms with Crippen LogP contribution in [0.25, 0.3) is 0 Å². The van der Waals surface area contributed by atoms with Gasteiger partial charge in [-0.25, -0.2) is 0 Å². The normalized spacial score (nSPS) is 19.7. The fourth-order valence-electron chi connectivity index (χ4n) is 1.72. The largest absolute Gasteiger partial charge is 0.484 e. The lowest BCUT2D eigenvalue weighted by Crippen LogP contribution is -2.32. The summed E-state index contributed by atoms with van der Waals surface area (Å²) < 4.78 is 5.34. The van der Waals surface area contributed by atoms with E-state index in [1.165, 1.54) is 0 Å². The Morgan fingerprint density at radius 3 is 2.61 bits per heavy atom. The number of hydrogen-bond acceptors (Lipinski definition) is 3. The van der Waals surface area contributed by atoms with E-state index >= 15 is 0 Å². The van der Waals surface area contributed by atoms with Gasteiger partial charge in [0.25, 0.3) is 5.91 Å². The fraction of sp³-hybridized carbons (Fsp3) is 0.429. The average molecular weight is 244 g/mol. The van der Waals surface area contributed by atoms with Crippen LogP contribution in [0.4, 0.5) is 0 Å². The second-order valence-corrected chi connectivity index (χ2v) is 5.24. The lowest BCUT2D eigenvalue weighted by Gasteiger charge is -2.08. The molecule has 1 amide bonds. The summed E-state index contributed by atoms with van der Waals surface area (Å²) in [7, 11) is 0. The minimum atomic E-state index is -0.102. The van der Waals surface area contributed by atoms with E-state index in [1.54, 1.807) is 24.3 Å². The minimum absolute atomic E-state index is 0.0124. The number of benzene rings is 1. The third-order valence-corrected chi connectivity index (χ3v) is 3.20. The molecule has 0 aromatic heterocycles. The molecule has 94 valence electrons. The van der Waals surface area contributed by atoms with Crippen LogP contribution < -0.4 is 10.1 Å². The predicted octanol–water partition coefficient (Wildman–Crippen LogP) is 1.85. The molecule has 1 N–H and O–H groups in total. The average Bonchev–Trinajstić information content (AvgIpc) is 2.94. The summed E-state index contributed by atoms with van der Waals surface area (Å²) in [5.74, 6) is 0.495. The molecule has 18 heavy (non-hydrogen) atoms. The van der Waals surface area contributed by atoms with Gasteiger partial charge >= 0.3 is 0 Å². The first-order chi connectivity index (χ1) is 8.51. The lowest BCUT2D eigenvalue weighted by atomic mass is 10.2. The van der Waals surface area contributed by atoms with Crippen molar-refractivity contribution in [1.82, 2.24) is 5.32 Å². The summed E-state index contributed by atoms with van der Waals surface area (Å²) in [4.78, 5) is 11.6. The van der Waals surface area contributed by atoms with Crippen molar-refractivity contribution in [2.75, 3.05) is 6.61 Å². The van der Waals surface area contributed by atoms with Gasteiger partial charge in [0, 0.05) is 6.04 Å². The highest BCUT2D eigenvalue weighted by Crippen LogP contribution is 2.44. The summed E-state index contributed by atoms with van der Waals surface area (Å²) in [5, 5.41) is 11.6. The molecule has 0 radical (unpaired) electrons. The van der Waals surface area contributed by atoms with Crippen molar-refractivity contribution in [3.63, 3.8) is 0 Å². The Morgan fingerprint density at radius 1 is 1.50 bits per heavy atom. The van der Waals surface area contributed by atoms with Crippen LogP contribution in [0.15, 0.2) is 24.3 Å². The maximum atomic E-state index is 11.6. The molecule has 1 fully saturated rings. The van der Waals surface area contributed by atoms with E-state index in [-0.39, 0.29) is 24.0 Å². The van der Waals surface area contributed by atoms with Crippen LogP contribution in [0.1, 0.15) is 25.8 Å². The van der Waals surface area contributed by atoms with Crippen LogP contribution in [-0.2, 0) is 4.79 Å². The van der Waals surface area contributed by atoms with Crippen LogP contribution >= 0.6 is 0 Å². The van der Waals surface area contributed by atoms with Gasteiger partial charge in [0.15, 0.2) is 6.61 Å². The third-order valence-electron chi connectivity index (χ3n) is 3.20. The molecule has 0 aliphatic heterocycles. The molecule has 0 bridgehead atoms. The number of carbonyl (C=O) groups is 1. The first-order valence-corrected chi connectivity index (χ1v) is 5.93. The van der Waals surface area contributed by atoms with E-state index in [2.05, 4.69) is 19.2 Å². The van der Waals surface area contributed by atoms with Gasteiger partial charge in [-0.05, 0) is 36.1 Å². The van der Waals surface area contributed by atoms with Gasteiger partial charge in [0.1, 0.15) is 5.75 Å². The molecule has 1 unspecified atom stereocenters. The zero-order valence-corrected chi connectivity index (χ0v) is 10.6. The molecular formula is C14H16N2O2. The van der Waals surface area contributed by atoms with Crippen LogP contribution in [0.2, 0.25) is 0 Å². The number of hydrogen-bond donors (Lipinski definition) is 1. The number of nitriles is 1. The molecule has 0 saturated heterocycles. The second-order valence-electron chi connectivity index (χ2n) is 5.24. The highest BCUT2D eigenvalue weighted by atomic mass is 16.5. The van der Waals surface area contributed by atoms with Crippen molar-refractivity contribution >= 4 is 5.91 Å². The topological polar surface area (TPSA) is 62.1 Å². The maximum absolute atomic E-state index is 11.6. The Hall–Kier alpha value is -2.02. The first kappa shape index (κ1) is 12.4. The summed E-state index contributed by atoms with van der Waals surface area (Å²) in [5.41, 5.74) is 0.802. The van der Waals surface area contributed by atoms with Gasteiger partial charge in [-0.15, -0.1) is 0 Å². The number of ether oxygens (including phenoxy) is 1. The van der Waals surface area contributed by atoms with E-state index in [9.17, 15) is 4.79 Å². The van der Waals surface area contributed by atoms with Gasteiger partial charge in [-0.1, -0.05) is 13.8 Å². The Balaban J connectivity index is 1.77. The Morgan fingerprint density at radius 2 is 2.11 bits per heavy atom. The fourth-order valence-corrected chi connectivity index (χ4v) is 1.72. The molecule has 0 spiro atoms. The number of nitrogens with one attached hydrogen (secondary N) is 1. The van der Waals surface area contributed by atoms with Crippen molar-refractivity contribution in [3.05, 3.63) is 29.8 Å². The van der Waals surface area contributed by atoms with Crippen molar-refractivity contribution in [2.24, 2.45) is 5.41 Å². The summed E-state index contributed by atoms with van der Waals surface area (Å²) in [6.45, 7) is 4.26. The summed E-state index contributed by atoms with van der Waals surface area (Å²) in [6.07, 6.45) is 1.02. The molecular weight excluding hydrogens is 228 g/mol. The van der Waals surface area contributed by atoms with Crippen molar-refractivity contribution < 1.29 is 9.53 Å². The molecule has 1 atom stereocenters. The molecule has 2 rings (SSSR count). The van der Waals surface area contributed by atoms with Gasteiger partial charge < -0.3 is 10.1 Å². The van der Waals surface area contributed by atoms with Gasteiger partial charge in [-0.3, -0.25) is 4.79 Å². The molecule has 0 heterocycles. The molecule has 1 saturated carbocycles. The van der Waals surface area contributed by atoms with E-state index < -0.39 is 0 Å². The Labute approximate surface area is 107 Å². The first-order valence-electron chi connectivity index (χ1n) is 5.93. The SMILES string of the molecule is CC1(C)CC1NC(=O)COc1ccc(C#N)cc1. The van der Waals surface area contributed by atoms with Crippen molar-refractivity contribution in [2.45, 2.75) is 26.3 Å². The molecule has 4 nitrogen and oxygen atoms in total. The molecule has 4 heteroatoms. The van der Waals surface area contributed by atoms with E-state index in [0.717, 1.165) is 6.42 Å². The van der Waals surface area contributed by atoms with Crippen LogP contribution in [0.3, 0.4) is 0 Å². The predicted molar refractivity (Wildman–Crippen MR) is 67.0 cm³/mol. The summed E-state index contributed by atoms with van der Waals surface area (Å²) >= 11 is 0. The van der Waals surface area contributed by atoms with Crippen LogP contribution in [0.5, 0.6) is 5.75 Å². The summed E-state index contributed by atoms with van der Waals surface area (Å²) in [6, 6.07) is 9.00. The molecule has 1 aromatic rings. The van der Waals surface area contributed by atoms with E-state index in [4.69, 9.17) is 10.00 Å². The minimum Gasteiger partial charge on any atom is -0.484 e. The third kappa shape index (κ3) is 3.01. The highest BCUT2D eigenvalue weighted by molar-refractivity contribution is 5.78. The molecule has 1 aliphatic carbocycles. The highest BCUT2D eigenvalue weighted by Gasteiger charge is 2.46. The lowest BCUT2D eigenvalue weighted by molar-refractivity contribution is -0.123. The number of rotatable bonds is 4. The van der Waals surface area contributed by atoms with Gasteiger partial charge in [0.2, 0.25) is 0 Å². The van der Waals surface area contributed by atoms with Gasteiger partial charge in [-0.2, -0.15) is 5.26 Å². The Bertz CT molecular complexity index is 486. The molecule has 1 aromatic carbocycles.